The normalized spacial score (nSPS) is 14.4. The van der Waals surface area contributed by atoms with Gasteiger partial charge in [-0.15, -0.1) is 0 Å². The molecule has 0 spiro atoms. The molecular weight excluding hydrogens is 213 g/mol. The van der Waals surface area contributed by atoms with Crippen LogP contribution in [0.2, 0.25) is 0 Å². The standard InChI is InChI=1S/C11H14FNO3/c1-11(10(15)16,13-6-7-14)8-4-2-3-5-9(8)12/h2-5,13-14H,6-7H2,1H3,(H,15,16). The Morgan fingerprint density at radius 2 is 2.12 bits per heavy atom. The zero-order valence-corrected chi connectivity index (χ0v) is 8.90. The first-order valence-corrected chi connectivity index (χ1v) is 4.86. The molecular formula is C11H14FNO3. The van der Waals surface area contributed by atoms with Crippen molar-refractivity contribution in [3.05, 3.63) is 35.6 Å². The Bertz CT molecular complexity index is 383. The quantitative estimate of drug-likeness (QED) is 0.692. The highest BCUT2D eigenvalue weighted by atomic mass is 19.1. The summed E-state index contributed by atoms with van der Waals surface area (Å²) >= 11 is 0. The van der Waals surface area contributed by atoms with Gasteiger partial charge in [0.2, 0.25) is 0 Å². The lowest BCUT2D eigenvalue weighted by Gasteiger charge is -2.26. The number of aliphatic carboxylic acids is 1. The van der Waals surface area contributed by atoms with Crippen LogP contribution >= 0.6 is 0 Å². The Kier molecular flexibility index (Phi) is 3.98. The number of benzene rings is 1. The van der Waals surface area contributed by atoms with Gasteiger partial charge in [0.25, 0.3) is 0 Å². The fourth-order valence-electron chi connectivity index (χ4n) is 1.46. The van der Waals surface area contributed by atoms with E-state index in [-0.39, 0.29) is 18.7 Å². The highest BCUT2D eigenvalue weighted by Gasteiger charge is 2.36. The average Bonchev–Trinajstić information content (AvgIpc) is 2.26. The highest BCUT2D eigenvalue weighted by Crippen LogP contribution is 2.23. The average molecular weight is 227 g/mol. The number of nitrogens with one attached hydrogen (secondary N) is 1. The van der Waals surface area contributed by atoms with Crippen molar-refractivity contribution in [2.24, 2.45) is 0 Å². The van der Waals surface area contributed by atoms with E-state index in [4.69, 9.17) is 10.2 Å². The summed E-state index contributed by atoms with van der Waals surface area (Å²) < 4.78 is 13.5. The van der Waals surface area contributed by atoms with Gasteiger partial charge in [0.1, 0.15) is 11.4 Å². The second-order valence-electron chi connectivity index (χ2n) is 3.56. The van der Waals surface area contributed by atoms with Crippen LogP contribution in [0.15, 0.2) is 24.3 Å². The van der Waals surface area contributed by atoms with Crippen LogP contribution in [0.5, 0.6) is 0 Å². The molecule has 1 aromatic carbocycles. The monoisotopic (exact) mass is 227 g/mol. The molecule has 1 atom stereocenters. The summed E-state index contributed by atoms with van der Waals surface area (Å²) in [5.41, 5.74) is -1.48. The molecule has 0 amide bonds. The number of hydrogen-bond donors (Lipinski definition) is 3. The molecule has 1 rings (SSSR count). The molecule has 4 nitrogen and oxygen atoms in total. The van der Waals surface area contributed by atoms with Gasteiger partial charge in [-0.2, -0.15) is 0 Å². The minimum atomic E-state index is -1.53. The summed E-state index contributed by atoms with van der Waals surface area (Å²) in [7, 11) is 0. The molecule has 1 aromatic rings. The number of hydrogen-bond acceptors (Lipinski definition) is 3. The summed E-state index contributed by atoms with van der Waals surface area (Å²) in [6, 6.07) is 5.68. The van der Waals surface area contributed by atoms with Gasteiger partial charge in [-0.05, 0) is 13.0 Å². The van der Waals surface area contributed by atoms with Crippen molar-refractivity contribution in [2.75, 3.05) is 13.2 Å². The van der Waals surface area contributed by atoms with Crippen molar-refractivity contribution in [1.82, 2.24) is 5.32 Å². The van der Waals surface area contributed by atoms with E-state index in [0.29, 0.717) is 0 Å². The molecule has 0 aliphatic rings. The van der Waals surface area contributed by atoms with Gasteiger partial charge in [0.15, 0.2) is 0 Å². The maximum absolute atomic E-state index is 13.5. The number of carbonyl (C=O) groups is 1. The summed E-state index contributed by atoms with van der Waals surface area (Å²) in [6.07, 6.45) is 0. The van der Waals surface area contributed by atoms with E-state index in [9.17, 15) is 9.18 Å². The number of carboxylic acid groups (broad SMARTS) is 1. The molecule has 0 saturated heterocycles. The van der Waals surface area contributed by atoms with Gasteiger partial charge >= 0.3 is 5.97 Å². The molecule has 5 heteroatoms. The van der Waals surface area contributed by atoms with Crippen molar-refractivity contribution in [2.45, 2.75) is 12.5 Å². The molecule has 0 saturated carbocycles. The van der Waals surface area contributed by atoms with Crippen LogP contribution in [-0.2, 0) is 10.3 Å². The van der Waals surface area contributed by atoms with E-state index in [0.717, 1.165) is 0 Å². The lowest BCUT2D eigenvalue weighted by Crippen LogP contribution is -2.48. The lowest BCUT2D eigenvalue weighted by atomic mass is 9.91. The number of carboxylic acids is 1. The third-order valence-corrected chi connectivity index (χ3v) is 2.43. The number of halogens is 1. The maximum Gasteiger partial charge on any atom is 0.328 e. The summed E-state index contributed by atoms with van der Waals surface area (Å²) in [6.45, 7) is 1.23. The topological polar surface area (TPSA) is 69.6 Å². The molecule has 0 aliphatic carbocycles. The molecule has 16 heavy (non-hydrogen) atoms. The van der Waals surface area contributed by atoms with Gasteiger partial charge in [0.05, 0.1) is 6.61 Å². The van der Waals surface area contributed by atoms with Crippen molar-refractivity contribution in [3.8, 4) is 0 Å². The molecule has 0 aliphatic heterocycles. The zero-order valence-electron chi connectivity index (χ0n) is 8.90. The van der Waals surface area contributed by atoms with Crippen LogP contribution in [-0.4, -0.2) is 29.3 Å². The smallest absolute Gasteiger partial charge is 0.328 e. The Hall–Kier alpha value is -1.46. The Balaban J connectivity index is 3.11. The molecule has 88 valence electrons. The van der Waals surface area contributed by atoms with Crippen LogP contribution in [0.25, 0.3) is 0 Å². The number of rotatable bonds is 5. The van der Waals surface area contributed by atoms with Gasteiger partial charge < -0.3 is 10.2 Å². The van der Waals surface area contributed by atoms with Crippen LogP contribution in [0.4, 0.5) is 4.39 Å². The van der Waals surface area contributed by atoms with E-state index in [1.54, 1.807) is 6.07 Å². The summed E-state index contributed by atoms with van der Waals surface area (Å²) in [5.74, 6) is -1.77. The SMILES string of the molecule is CC(NCCO)(C(=O)O)c1ccccc1F. The first kappa shape index (κ1) is 12.6. The van der Waals surface area contributed by atoms with Crippen LogP contribution in [0, 0.1) is 5.82 Å². The van der Waals surface area contributed by atoms with Crippen molar-refractivity contribution in [1.29, 1.82) is 0 Å². The fourth-order valence-corrected chi connectivity index (χ4v) is 1.46. The maximum atomic E-state index is 13.5. The van der Waals surface area contributed by atoms with Crippen molar-refractivity contribution >= 4 is 5.97 Å². The Labute approximate surface area is 92.7 Å². The molecule has 1 unspecified atom stereocenters. The highest BCUT2D eigenvalue weighted by molar-refractivity contribution is 5.80. The van der Waals surface area contributed by atoms with Gasteiger partial charge in [0, 0.05) is 12.1 Å². The second-order valence-corrected chi connectivity index (χ2v) is 3.56. The Morgan fingerprint density at radius 3 is 2.62 bits per heavy atom. The molecule has 0 aromatic heterocycles. The molecule has 0 bridgehead atoms. The minimum Gasteiger partial charge on any atom is -0.480 e. The van der Waals surface area contributed by atoms with E-state index >= 15 is 0 Å². The largest absolute Gasteiger partial charge is 0.480 e. The molecule has 0 radical (unpaired) electrons. The first-order chi connectivity index (χ1) is 7.52. The second kappa shape index (κ2) is 5.05. The third kappa shape index (κ3) is 2.37. The predicted molar refractivity (Wildman–Crippen MR) is 56.5 cm³/mol. The molecule has 0 heterocycles. The van der Waals surface area contributed by atoms with E-state index in [1.807, 2.05) is 0 Å². The summed E-state index contributed by atoms with van der Waals surface area (Å²) in [5, 5.41) is 20.4. The number of aliphatic hydroxyl groups excluding tert-OH is 1. The van der Waals surface area contributed by atoms with E-state index < -0.39 is 17.3 Å². The van der Waals surface area contributed by atoms with E-state index in [2.05, 4.69) is 5.32 Å². The third-order valence-electron chi connectivity index (χ3n) is 2.43. The lowest BCUT2D eigenvalue weighted by molar-refractivity contribution is -0.144. The van der Waals surface area contributed by atoms with E-state index in [1.165, 1.54) is 25.1 Å². The minimum absolute atomic E-state index is 0.0518. The summed E-state index contributed by atoms with van der Waals surface area (Å²) in [4.78, 5) is 11.2. The van der Waals surface area contributed by atoms with Gasteiger partial charge in [-0.3, -0.25) is 5.32 Å². The van der Waals surface area contributed by atoms with Crippen molar-refractivity contribution in [3.63, 3.8) is 0 Å². The van der Waals surface area contributed by atoms with Crippen LogP contribution < -0.4 is 5.32 Å². The van der Waals surface area contributed by atoms with Gasteiger partial charge in [-0.1, -0.05) is 18.2 Å². The fraction of sp³-hybridized carbons (Fsp3) is 0.364. The zero-order chi connectivity index (χ0) is 12.2. The van der Waals surface area contributed by atoms with Crippen LogP contribution in [0.3, 0.4) is 0 Å². The van der Waals surface area contributed by atoms with Gasteiger partial charge in [-0.25, -0.2) is 9.18 Å². The molecule has 3 N–H and O–H groups in total. The predicted octanol–water partition coefficient (Wildman–Crippen LogP) is 0.707. The molecule has 0 fully saturated rings. The van der Waals surface area contributed by atoms with Crippen LogP contribution in [0.1, 0.15) is 12.5 Å². The number of aliphatic hydroxyl groups is 1. The first-order valence-electron chi connectivity index (χ1n) is 4.86. The van der Waals surface area contributed by atoms with Crippen molar-refractivity contribution < 1.29 is 19.4 Å². The Morgan fingerprint density at radius 1 is 1.50 bits per heavy atom.